The van der Waals surface area contributed by atoms with Crippen LogP contribution in [-0.4, -0.2) is 37.0 Å². The maximum absolute atomic E-state index is 10.8. The van der Waals surface area contributed by atoms with E-state index in [1.165, 1.54) is 12.1 Å². The van der Waals surface area contributed by atoms with Crippen molar-refractivity contribution in [2.45, 2.75) is 0 Å². The van der Waals surface area contributed by atoms with Crippen molar-refractivity contribution in [2.24, 2.45) is 12.1 Å². The van der Waals surface area contributed by atoms with Crippen molar-refractivity contribution in [1.82, 2.24) is 19.7 Å². The number of aromatic nitrogens is 4. The summed E-state index contributed by atoms with van der Waals surface area (Å²) < 4.78 is 1.96. The van der Waals surface area contributed by atoms with Gasteiger partial charge in [-0.3, -0.25) is 0 Å². The Balaban J connectivity index is 1.58. The van der Waals surface area contributed by atoms with Gasteiger partial charge in [0.05, 0.1) is 17.3 Å². The summed E-state index contributed by atoms with van der Waals surface area (Å²) >= 11 is 0. The van der Waals surface area contributed by atoms with Crippen LogP contribution in [-0.2, 0) is 7.05 Å². The van der Waals surface area contributed by atoms with Crippen LogP contribution in [0.5, 0.6) is 0 Å². The largest absolute Gasteiger partial charge is 0.478 e. The molecule has 4 rings (SSSR count). The van der Waals surface area contributed by atoms with Crippen molar-refractivity contribution in [2.75, 3.05) is 5.43 Å². The van der Waals surface area contributed by atoms with Gasteiger partial charge in [-0.1, -0.05) is 30.3 Å². The lowest BCUT2D eigenvalue weighted by Crippen LogP contribution is -2.01. The second kappa shape index (κ2) is 6.25. The molecule has 0 amide bonds. The topological polar surface area (TPSA) is 105 Å². The number of nitrogens with zero attached hydrogens (tertiary/aromatic N) is 5. The van der Waals surface area contributed by atoms with Gasteiger partial charge in [0.15, 0.2) is 5.65 Å². The molecule has 2 N–H and O–H groups in total. The Morgan fingerprint density at radius 2 is 1.92 bits per heavy atom. The van der Waals surface area contributed by atoms with Crippen LogP contribution in [0.2, 0.25) is 0 Å². The fraction of sp³-hybridized carbons (Fsp3) is 0.0556. The molecule has 8 heteroatoms. The summed E-state index contributed by atoms with van der Waals surface area (Å²) in [5.74, 6) is -0.684. The number of rotatable bonds is 4. The molecule has 4 aromatic rings. The summed E-state index contributed by atoms with van der Waals surface area (Å²) in [5.41, 5.74) is 6.21. The minimum Gasteiger partial charge on any atom is -0.478 e. The molecule has 0 aliphatic rings. The van der Waals surface area contributed by atoms with Crippen LogP contribution in [0.3, 0.4) is 0 Å². The number of hydrogen-bond acceptors (Lipinski definition) is 6. The molecule has 0 aliphatic carbocycles. The average molecular weight is 346 g/mol. The average Bonchev–Trinajstić information content (AvgIpc) is 2.95. The number of carbonyl (C=O) groups is 1. The van der Waals surface area contributed by atoms with Gasteiger partial charge in [0.1, 0.15) is 5.52 Å². The van der Waals surface area contributed by atoms with Crippen molar-refractivity contribution in [1.29, 1.82) is 0 Å². The number of aromatic carboxylic acids is 1. The highest BCUT2D eigenvalue weighted by molar-refractivity contribution is 6.04. The van der Waals surface area contributed by atoms with Crippen LogP contribution in [0.1, 0.15) is 15.9 Å². The highest BCUT2D eigenvalue weighted by atomic mass is 16.4. The van der Waals surface area contributed by atoms with Gasteiger partial charge < -0.3 is 9.67 Å². The molecule has 0 spiro atoms. The third kappa shape index (κ3) is 2.73. The Labute approximate surface area is 147 Å². The highest BCUT2D eigenvalue weighted by Crippen LogP contribution is 2.24. The zero-order valence-electron chi connectivity index (χ0n) is 13.8. The van der Waals surface area contributed by atoms with E-state index in [0.29, 0.717) is 5.65 Å². The first-order valence-electron chi connectivity index (χ1n) is 7.84. The van der Waals surface area contributed by atoms with Crippen molar-refractivity contribution in [3.63, 3.8) is 0 Å². The molecule has 0 unspecified atom stereocenters. The molecule has 0 bridgehead atoms. The molecular weight excluding hydrogens is 332 g/mol. The molecule has 0 atom stereocenters. The minimum absolute atomic E-state index is 0.226. The fourth-order valence-corrected chi connectivity index (χ4v) is 2.73. The van der Waals surface area contributed by atoms with Crippen molar-refractivity contribution < 1.29 is 9.90 Å². The third-order valence-corrected chi connectivity index (χ3v) is 4.04. The Morgan fingerprint density at radius 1 is 1.15 bits per heavy atom. The number of carboxylic acid groups (broad SMARTS) is 1. The Morgan fingerprint density at radius 3 is 2.69 bits per heavy atom. The van der Waals surface area contributed by atoms with Crippen molar-refractivity contribution in [3.8, 4) is 0 Å². The van der Waals surface area contributed by atoms with Crippen molar-refractivity contribution >= 4 is 40.2 Å². The van der Waals surface area contributed by atoms with E-state index in [1.54, 1.807) is 18.3 Å². The van der Waals surface area contributed by atoms with Crippen LogP contribution in [0.15, 0.2) is 53.6 Å². The lowest BCUT2D eigenvalue weighted by atomic mass is 10.1. The van der Waals surface area contributed by atoms with E-state index in [2.05, 4.69) is 25.7 Å². The van der Waals surface area contributed by atoms with Crippen LogP contribution in [0.25, 0.3) is 22.1 Å². The summed E-state index contributed by atoms with van der Waals surface area (Å²) in [5, 5.41) is 22.3. The van der Waals surface area contributed by atoms with E-state index < -0.39 is 5.97 Å². The summed E-state index contributed by atoms with van der Waals surface area (Å²) in [6.07, 6.45) is 1.56. The molecule has 8 nitrogen and oxygen atoms in total. The molecule has 0 saturated heterocycles. The zero-order chi connectivity index (χ0) is 18.1. The molecular formula is C18H14N6O2. The smallest absolute Gasteiger partial charge is 0.335 e. The van der Waals surface area contributed by atoms with Gasteiger partial charge in [0.2, 0.25) is 0 Å². The molecule has 26 heavy (non-hydrogen) atoms. The number of fused-ring (bicyclic) bond motifs is 3. The first kappa shape index (κ1) is 15.7. The van der Waals surface area contributed by atoms with Crippen LogP contribution < -0.4 is 5.43 Å². The summed E-state index contributed by atoms with van der Waals surface area (Å²) in [6, 6.07) is 14.3. The predicted octanol–water partition coefficient (Wildman–Crippen LogP) is 2.66. The normalized spacial score (nSPS) is 11.4. The molecule has 128 valence electrons. The van der Waals surface area contributed by atoms with Crippen LogP contribution in [0, 0.1) is 0 Å². The van der Waals surface area contributed by atoms with Gasteiger partial charge in [-0.2, -0.15) is 10.1 Å². The van der Waals surface area contributed by atoms with Crippen LogP contribution in [0.4, 0.5) is 5.95 Å². The molecule has 0 saturated carbocycles. The van der Waals surface area contributed by atoms with Gasteiger partial charge in [-0.05, 0) is 23.8 Å². The number of nitrogens with one attached hydrogen (secondary N) is 1. The number of anilines is 1. The second-order valence-corrected chi connectivity index (χ2v) is 5.68. The van der Waals surface area contributed by atoms with E-state index in [-0.39, 0.29) is 11.5 Å². The molecule has 0 radical (unpaired) electrons. The van der Waals surface area contributed by atoms with Gasteiger partial charge in [0, 0.05) is 12.4 Å². The Kier molecular flexibility index (Phi) is 3.77. The van der Waals surface area contributed by atoms with Gasteiger partial charge in [-0.25, -0.2) is 10.2 Å². The minimum atomic E-state index is -0.964. The SMILES string of the molecule is Cn1c2ccccc2c2nnc(N/N=C/c3ccc(C(=O)O)cc3)nc21. The summed E-state index contributed by atoms with van der Waals surface area (Å²) in [4.78, 5) is 15.3. The third-order valence-electron chi connectivity index (χ3n) is 4.04. The van der Waals surface area contributed by atoms with Gasteiger partial charge in [0.25, 0.3) is 5.95 Å². The van der Waals surface area contributed by atoms with Gasteiger partial charge in [-0.15, -0.1) is 10.2 Å². The lowest BCUT2D eigenvalue weighted by Gasteiger charge is -1.99. The number of hydrazone groups is 1. The van der Waals surface area contributed by atoms with Crippen LogP contribution >= 0.6 is 0 Å². The number of hydrogen-bond donors (Lipinski definition) is 2. The standard InChI is InChI=1S/C18H14N6O2/c1-24-14-5-3-2-4-13(14)15-16(24)20-18(23-21-15)22-19-10-11-6-8-12(9-7-11)17(25)26/h2-10H,1H3,(H,25,26)(H,20,22,23)/b19-10+. The first-order valence-corrected chi connectivity index (χ1v) is 7.84. The molecule has 0 aliphatic heterocycles. The van der Waals surface area contributed by atoms with E-state index in [4.69, 9.17) is 5.11 Å². The number of para-hydroxylation sites is 1. The van der Waals surface area contributed by atoms with E-state index in [1.807, 2.05) is 35.9 Å². The highest BCUT2D eigenvalue weighted by Gasteiger charge is 2.11. The monoisotopic (exact) mass is 346 g/mol. The zero-order valence-corrected chi connectivity index (χ0v) is 13.8. The van der Waals surface area contributed by atoms with E-state index in [9.17, 15) is 4.79 Å². The lowest BCUT2D eigenvalue weighted by molar-refractivity contribution is 0.0697. The number of benzene rings is 2. The van der Waals surface area contributed by atoms with Crippen molar-refractivity contribution in [3.05, 3.63) is 59.7 Å². The van der Waals surface area contributed by atoms with E-state index >= 15 is 0 Å². The van der Waals surface area contributed by atoms with Gasteiger partial charge >= 0.3 is 5.97 Å². The molecule has 2 heterocycles. The number of carboxylic acids is 1. The fourth-order valence-electron chi connectivity index (χ4n) is 2.73. The predicted molar refractivity (Wildman–Crippen MR) is 98.4 cm³/mol. The Hall–Kier alpha value is -3.81. The second-order valence-electron chi connectivity index (χ2n) is 5.68. The molecule has 2 aromatic carbocycles. The molecule has 2 aromatic heterocycles. The summed E-state index contributed by atoms with van der Waals surface area (Å²) in [6.45, 7) is 0. The Bertz CT molecular complexity index is 1150. The first-order chi connectivity index (χ1) is 12.6. The maximum atomic E-state index is 10.8. The summed E-state index contributed by atoms with van der Waals surface area (Å²) in [7, 11) is 1.93. The number of aryl methyl sites for hydroxylation is 1. The molecule has 0 fully saturated rings. The maximum Gasteiger partial charge on any atom is 0.335 e. The quantitative estimate of drug-likeness (QED) is 0.435. The van der Waals surface area contributed by atoms with E-state index in [0.717, 1.165) is 22.0 Å².